The maximum Gasteiger partial charge on any atom is 0.305 e. The van der Waals surface area contributed by atoms with Gasteiger partial charge in [-0.1, -0.05) is 26.2 Å². The summed E-state index contributed by atoms with van der Waals surface area (Å²) >= 11 is 0. The van der Waals surface area contributed by atoms with Crippen LogP contribution in [0, 0.1) is 0 Å². The average molecular weight is 216 g/mol. The van der Waals surface area contributed by atoms with E-state index in [1.54, 1.807) is 6.92 Å². The minimum atomic E-state index is -0.244. The van der Waals surface area contributed by atoms with Crippen LogP contribution in [0.5, 0.6) is 0 Å². The molecule has 0 heterocycles. The first-order chi connectivity index (χ1) is 7.20. The summed E-state index contributed by atoms with van der Waals surface area (Å²) < 4.78 is 4.80. The Balaban J connectivity index is 3.30. The van der Waals surface area contributed by atoms with Crippen molar-refractivity contribution in [2.24, 2.45) is 0 Å². The van der Waals surface area contributed by atoms with Gasteiger partial charge >= 0.3 is 5.97 Å². The third kappa shape index (κ3) is 9.73. The van der Waals surface area contributed by atoms with E-state index >= 15 is 0 Å². The largest absolute Gasteiger partial charge is 0.466 e. The first-order valence-corrected chi connectivity index (χ1v) is 6.04. The van der Waals surface area contributed by atoms with Crippen LogP contribution in [0.2, 0.25) is 0 Å². The highest BCUT2D eigenvalue weighted by molar-refractivity contribution is 5.69. The van der Waals surface area contributed by atoms with Gasteiger partial charge in [0.15, 0.2) is 0 Å². The fourth-order valence-corrected chi connectivity index (χ4v) is 1.49. The summed E-state index contributed by atoms with van der Waals surface area (Å²) in [5, 5.41) is 9.57. The lowest BCUT2D eigenvalue weighted by atomic mass is 10.1. The summed E-state index contributed by atoms with van der Waals surface area (Å²) in [4.78, 5) is 11.0. The second-order valence-corrected chi connectivity index (χ2v) is 3.85. The van der Waals surface area contributed by atoms with E-state index in [4.69, 9.17) is 4.74 Å². The molecule has 0 aliphatic carbocycles. The SMILES string of the molecule is CCCCCC(O)CCCC(=O)OCC. The molecule has 90 valence electrons. The molecule has 0 radical (unpaired) electrons. The van der Waals surface area contributed by atoms with Crippen LogP contribution in [0.4, 0.5) is 0 Å². The van der Waals surface area contributed by atoms with Gasteiger partial charge in [0.2, 0.25) is 0 Å². The summed E-state index contributed by atoms with van der Waals surface area (Å²) in [7, 11) is 0. The molecule has 0 saturated heterocycles. The number of ether oxygens (including phenoxy) is 1. The van der Waals surface area contributed by atoms with E-state index in [2.05, 4.69) is 6.92 Å². The average Bonchev–Trinajstić information content (AvgIpc) is 2.18. The molecule has 0 saturated carbocycles. The molecular weight excluding hydrogens is 192 g/mol. The zero-order valence-corrected chi connectivity index (χ0v) is 10.00. The number of aliphatic hydroxyl groups is 1. The van der Waals surface area contributed by atoms with Crippen LogP contribution in [0.3, 0.4) is 0 Å². The molecule has 1 atom stereocenters. The van der Waals surface area contributed by atoms with E-state index in [9.17, 15) is 9.90 Å². The number of hydrogen-bond donors (Lipinski definition) is 1. The van der Waals surface area contributed by atoms with Gasteiger partial charge in [-0.2, -0.15) is 0 Å². The lowest BCUT2D eigenvalue weighted by molar-refractivity contribution is -0.143. The van der Waals surface area contributed by atoms with E-state index in [1.165, 1.54) is 12.8 Å². The normalized spacial score (nSPS) is 12.5. The number of esters is 1. The van der Waals surface area contributed by atoms with Gasteiger partial charge in [0, 0.05) is 6.42 Å². The maximum atomic E-state index is 11.0. The summed E-state index contributed by atoms with van der Waals surface area (Å²) in [6.07, 6.45) is 5.91. The van der Waals surface area contributed by atoms with Crippen LogP contribution in [0.15, 0.2) is 0 Å². The molecule has 0 aliphatic rings. The number of rotatable bonds is 9. The van der Waals surface area contributed by atoms with Crippen molar-refractivity contribution < 1.29 is 14.6 Å². The zero-order chi connectivity index (χ0) is 11.5. The molecular formula is C12H24O3. The van der Waals surface area contributed by atoms with Crippen LogP contribution in [-0.4, -0.2) is 23.8 Å². The van der Waals surface area contributed by atoms with Crippen molar-refractivity contribution in [3.05, 3.63) is 0 Å². The van der Waals surface area contributed by atoms with E-state index in [-0.39, 0.29) is 12.1 Å². The lowest BCUT2D eigenvalue weighted by Crippen LogP contribution is -2.09. The number of unbranched alkanes of at least 4 members (excludes halogenated alkanes) is 2. The third-order valence-corrected chi connectivity index (χ3v) is 2.36. The van der Waals surface area contributed by atoms with Gasteiger partial charge in [-0.25, -0.2) is 0 Å². The van der Waals surface area contributed by atoms with E-state index in [1.807, 2.05) is 0 Å². The minimum absolute atomic E-state index is 0.154. The summed E-state index contributed by atoms with van der Waals surface area (Å²) in [6.45, 7) is 4.39. The van der Waals surface area contributed by atoms with Gasteiger partial charge in [-0.3, -0.25) is 4.79 Å². The van der Waals surface area contributed by atoms with Crippen LogP contribution in [-0.2, 0) is 9.53 Å². The van der Waals surface area contributed by atoms with Crippen molar-refractivity contribution in [1.82, 2.24) is 0 Å². The minimum Gasteiger partial charge on any atom is -0.466 e. The highest BCUT2D eigenvalue weighted by Crippen LogP contribution is 2.09. The summed E-state index contributed by atoms with van der Waals surface area (Å²) in [6, 6.07) is 0. The van der Waals surface area contributed by atoms with Gasteiger partial charge in [0.05, 0.1) is 12.7 Å². The van der Waals surface area contributed by atoms with Gasteiger partial charge in [0.1, 0.15) is 0 Å². The van der Waals surface area contributed by atoms with Gasteiger partial charge < -0.3 is 9.84 Å². The molecule has 0 spiro atoms. The Morgan fingerprint density at radius 2 is 1.87 bits per heavy atom. The van der Waals surface area contributed by atoms with Crippen molar-refractivity contribution in [1.29, 1.82) is 0 Å². The number of aliphatic hydroxyl groups excluding tert-OH is 1. The highest BCUT2D eigenvalue weighted by Gasteiger charge is 2.06. The second-order valence-electron chi connectivity index (χ2n) is 3.85. The van der Waals surface area contributed by atoms with Crippen molar-refractivity contribution in [3.8, 4) is 0 Å². The topological polar surface area (TPSA) is 46.5 Å². The van der Waals surface area contributed by atoms with Crippen LogP contribution >= 0.6 is 0 Å². The molecule has 1 unspecified atom stereocenters. The predicted molar refractivity (Wildman–Crippen MR) is 60.6 cm³/mol. The van der Waals surface area contributed by atoms with Crippen molar-refractivity contribution in [3.63, 3.8) is 0 Å². The Labute approximate surface area is 92.8 Å². The first-order valence-electron chi connectivity index (χ1n) is 6.04. The Bertz CT molecular complexity index is 157. The quantitative estimate of drug-likeness (QED) is 0.476. The molecule has 1 N–H and O–H groups in total. The molecule has 15 heavy (non-hydrogen) atoms. The fourth-order valence-electron chi connectivity index (χ4n) is 1.49. The molecule has 3 heteroatoms. The second kappa shape index (κ2) is 9.97. The smallest absolute Gasteiger partial charge is 0.305 e. The molecule has 0 aromatic carbocycles. The van der Waals surface area contributed by atoms with E-state index in [0.29, 0.717) is 19.4 Å². The standard InChI is InChI=1S/C12H24O3/c1-3-5-6-8-11(13)9-7-10-12(14)15-4-2/h11,13H,3-10H2,1-2H3. The van der Waals surface area contributed by atoms with Crippen LogP contribution in [0.1, 0.15) is 58.8 Å². The third-order valence-electron chi connectivity index (χ3n) is 2.36. The molecule has 0 aromatic rings. The number of carbonyl (C=O) groups excluding carboxylic acids is 1. The summed E-state index contributed by atoms with van der Waals surface area (Å²) in [5.74, 6) is -0.154. The Hall–Kier alpha value is -0.570. The van der Waals surface area contributed by atoms with Gasteiger partial charge in [-0.15, -0.1) is 0 Å². The van der Waals surface area contributed by atoms with Crippen molar-refractivity contribution in [2.75, 3.05) is 6.61 Å². The van der Waals surface area contributed by atoms with E-state index < -0.39 is 0 Å². The Kier molecular flexibility index (Phi) is 9.59. The summed E-state index contributed by atoms with van der Waals surface area (Å²) in [5.41, 5.74) is 0. The molecule has 0 aromatic heterocycles. The first kappa shape index (κ1) is 14.4. The van der Waals surface area contributed by atoms with Crippen LogP contribution in [0.25, 0.3) is 0 Å². The van der Waals surface area contributed by atoms with Crippen molar-refractivity contribution in [2.45, 2.75) is 64.9 Å². The zero-order valence-electron chi connectivity index (χ0n) is 10.00. The van der Waals surface area contributed by atoms with Crippen LogP contribution < -0.4 is 0 Å². The number of hydrogen-bond acceptors (Lipinski definition) is 3. The lowest BCUT2D eigenvalue weighted by Gasteiger charge is -2.09. The molecule has 0 fully saturated rings. The maximum absolute atomic E-state index is 11.0. The van der Waals surface area contributed by atoms with E-state index in [0.717, 1.165) is 19.3 Å². The molecule has 0 amide bonds. The monoisotopic (exact) mass is 216 g/mol. The molecule has 0 rings (SSSR count). The number of carbonyl (C=O) groups is 1. The van der Waals surface area contributed by atoms with Crippen molar-refractivity contribution >= 4 is 5.97 Å². The van der Waals surface area contributed by atoms with Gasteiger partial charge in [0.25, 0.3) is 0 Å². The fraction of sp³-hybridized carbons (Fsp3) is 0.917. The molecule has 0 bridgehead atoms. The molecule has 3 nitrogen and oxygen atoms in total. The highest BCUT2D eigenvalue weighted by atomic mass is 16.5. The Morgan fingerprint density at radius 1 is 1.20 bits per heavy atom. The predicted octanol–water partition coefficient (Wildman–Crippen LogP) is 2.66. The molecule has 0 aliphatic heterocycles. The van der Waals surface area contributed by atoms with Gasteiger partial charge in [-0.05, 0) is 26.2 Å². The Morgan fingerprint density at radius 3 is 2.47 bits per heavy atom.